The number of fused-ring (bicyclic) bond motifs is 3. The Balaban J connectivity index is 1.99. The molecule has 0 N–H and O–H groups in total. The molecule has 0 amide bonds. The Morgan fingerprint density at radius 1 is 1.08 bits per heavy atom. The standard InChI is InChI=1S/C19H25N5/c1-13(2)23(3)19-20-16-12-8-7-11-15(16)18-22-21-17(24(18)19)14-9-5-4-6-10-14/h7-8,11-14H,4-6,9-10H2,1-3H3. The summed E-state index contributed by atoms with van der Waals surface area (Å²) in [5, 5.41) is 10.3. The molecule has 0 bridgehead atoms. The van der Waals surface area contributed by atoms with Crippen LogP contribution in [0, 0.1) is 0 Å². The first kappa shape index (κ1) is 15.4. The Morgan fingerprint density at radius 3 is 2.58 bits per heavy atom. The summed E-state index contributed by atoms with van der Waals surface area (Å²) < 4.78 is 2.21. The van der Waals surface area contributed by atoms with Crippen molar-refractivity contribution in [2.75, 3.05) is 11.9 Å². The molecule has 5 nitrogen and oxygen atoms in total. The van der Waals surface area contributed by atoms with Gasteiger partial charge in [-0.3, -0.25) is 0 Å². The van der Waals surface area contributed by atoms with Crippen molar-refractivity contribution in [3.05, 3.63) is 30.1 Å². The lowest BCUT2D eigenvalue weighted by Crippen LogP contribution is -2.29. The number of aromatic nitrogens is 4. The van der Waals surface area contributed by atoms with Gasteiger partial charge in [0.1, 0.15) is 5.82 Å². The van der Waals surface area contributed by atoms with E-state index in [9.17, 15) is 0 Å². The van der Waals surface area contributed by atoms with E-state index in [0.29, 0.717) is 12.0 Å². The van der Waals surface area contributed by atoms with Crippen LogP contribution in [-0.2, 0) is 0 Å². The molecule has 2 heterocycles. The van der Waals surface area contributed by atoms with E-state index < -0.39 is 0 Å². The monoisotopic (exact) mass is 323 g/mol. The van der Waals surface area contributed by atoms with Gasteiger partial charge < -0.3 is 4.90 Å². The molecule has 3 aromatic rings. The summed E-state index contributed by atoms with van der Waals surface area (Å²) in [6.45, 7) is 4.38. The van der Waals surface area contributed by atoms with Crippen LogP contribution in [0.5, 0.6) is 0 Å². The van der Waals surface area contributed by atoms with Gasteiger partial charge in [0.25, 0.3) is 0 Å². The number of anilines is 1. The molecule has 0 unspecified atom stereocenters. The molecule has 1 aromatic carbocycles. The van der Waals surface area contributed by atoms with E-state index in [0.717, 1.165) is 28.3 Å². The fourth-order valence-electron chi connectivity index (χ4n) is 3.68. The van der Waals surface area contributed by atoms with E-state index in [1.54, 1.807) is 0 Å². The first-order valence-corrected chi connectivity index (χ1v) is 9.03. The Kier molecular flexibility index (Phi) is 3.87. The third-order valence-corrected chi connectivity index (χ3v) is 5.31. The highest BCUT2D eigenvalue weighted by molar-refractivity contribution is 5.92. The first-order chi connectivity index (χ1) is 11.7. The quantitative estimate of drug-likeness (QED) is 0.726. The first-order valence-electron chi connectivity index (χ1n) is 9.03. The average molecular weight is 323 g/mol. The largest absolute Gasteiger partial charge is 0.342 e. The van der Waals surface area contributed by atoms with Crippen LogP contribution >= 0.6 is 0 Å². The van der Waals surface area contributed by atoms with Crippen molar-refractivity contribution in [2.45, 2.75) is 57.9 Å². The molecule has 2 aromatic heterocycles. The molecule has 1 aliphatic rings. The predicted octanol–water partition coefficient (Wildman–Crippen LogP) is 4.17. The summed E-state index contributed by atoms with van der Waals surface area (Å²) in [5.74, 6) is 2.53. The van der Waals surface area contributed by atoms with Gasteiger partial charge in [0.2, 0.25) is 5.95 Å². The zero-order valence-corrected chi connectivity index (χ0v) is 14.7. The highest BCUT2D eigenvalue weighted by atomic mass is 15.4. The molecule has 4 rings (SSSR count). The molecule has 0 aliphatic heterocycles. The van der Waals surface area contributed by atoms with Gasteiger partial charge in [-0.2, -0.15) is 0 Å². The van der Waals surface area contributed by atoms with Crippen LogP contribution in [0.2, 0.25) is 0 Å². The van der Waals surface area contributed by atoms with E-state index in [4.69, 9.17) is 4.98 Å². The van der Waals surface area contributed by atoms with Crippen LogP contribution in [-0.4, -0.2) is 32.7 Å². The normalized spacial score (nSPS) is 16.3. The van der Waals surface area contributed by atoms with E-state index in [1.165, 1.54) is 32.1 Å². The molecular formula is C19H25N5. The number of nitrogens with zero attached hydrogens (tertiary/aromatic N) is 5. The third-order valence-electron chi connectivity index (χ3n) is 5.31. The predicted molar refractivity (Wildman–Crippen MR) is 97.7 cm³/mol. The SMILES string of the molecule is CC(C)N(C)c1nc2ccccc2c2nnc(C3CCCCC3)n12. The summed E-state index contributed by atoms with van der Waals surface area (Å²) in [7, 11) is 2.10. The molecule has 24 heavy (non-hydrogen) atoms. The minimum Gasteiger partial charge on any atom is -0.342 e. The maximum absolute atomic E-state index is 4.96. The topological polar surface area (TPSA) is 46.3 Å². The average Bonchev–Trinajstić information content (AvgIpc) is 3.06. The fraction of sp³-hybridized carbons (Fsp3) is 0.526. The second-order valence-corrected chi connectivity index (χ2v) is 7.19. The van der Waals surface area contributed by atoms with Gasteiger partial charge in [0.15, 0.2) is 5.65 Å². The van der Waals surface area contributed by atoms with Gasteiger partial charge in [0.05, 0.1) is 5.52 Å². The van der Waals surface area contributed by atoms with Crippen LogP contribution in [0.1, 0.15) is 57.7 Å². The Labute approximate surface area is 142 Å². The van der Waals surface area contributed by atoms with Crippen LogP contribution in [0.3, 0.4) is 0 Å². The number of rotatable bonds is 3. The smallest absolute Gasteiger partial charge is 0.213 e. The lowest BCUT2D eigenvalue weighted by Gasteiger charge is -2.26. The highest BCUT2D eigenvalue weighted by Crippen LogP contribution is 2.34. The van der Waals surface area contributed by atoms with Crippen molar-refractivity contribution in [1.82, 2.24) is 19.6 Å². The molecule has 0 radical (unpaired) electrons. The minimum atomic E-state index is 0.364. The van der Waals surface area contributed by atoms with E-state index in [-0.39, 0.29) is 0 Å². The van der Waals surface area contributed by atoms with Crippen molar-refractivity contribution < 1.29 is 0 Å². The maximum Gasteiger partial charge on any atom is 0.213 e. The van der Waals surface area contributed by atoms with Gasteiger partial charge in [-0.25, -0.2) is 9.38 Å². The number of benzene rings is 1. The van der Waals surface area contributed by atoms with Crippen molar-refractivity contribution in [3.8, 4) is 0 Å². The molecule has 1 fully saturated rings. The molecular weight excluding hydrogens is 298 g/mol. The van der Waals surface area contributed by atoms with Crippen LogP contribution in [0.25, 0.3) is 16.6 Å². The Morgan fingerprint density at radius 2 is 1.83 bits per heavy atom. The van der Waals surface area contributed by atoms with Gasteiger partial charge in [-0.15, -0.1) is 10.2 Å². The third kappa shape index (κ3) is 2.43. The number of para-hydroxylation sites is 1. The zero-order chi connectivity index (χ0) is 16.7. The van der Waals surface area contributed by atoms with E-state index in [1.807, 2.05) is 12.1 Å². The molecule has 1 aliphatic carbocycles. The minimum absolute atomic E-state index is 0.364. The van der Waals surface area contributed by atoms with Crippen LogP contribution < -0.4 is 4.90 Å². The van der Waals surface area contributed by atoms with Crippen molar-refractivity contribution in [3.63, 3.8) is 0 Å². The maximum atomic E-state index is 4.96. The summed E-state index contributed by atoms with van der Waals surface area (Å²) in [6.07, 6.45) is 6.33. The summed E-state index contributed by atoms with van der Waals surface area (Å²) in [6, 6.07) is 8.59. The molecule has 126 valence electrons. The van der Waals surface area contributed by atoms with Crippen LogP contribution in [0.15, 0.2) is 24.3 Å². The van der Waals surface area contributed by atoms with Crippen LogP contribution in [0.4, 0.5) is 5.95 Å². The van der Waals surface area contributed by atoms with Crippen molar-refractivity contribution in [1.29, 1.82) is 0 Å². The molecule has 0 spiro atoms. The summed E-state index contributed by atoms with van der Waals surface area (Å²) >= 11 is 0. The second kappa shape index (κ2) is 6.04. The Bertz CT molecular complexity index is 861. The summed E-state index contributed by atoms with van der Waals surface area (Å²) in [5.41, 5.74) is 1.92. The molecule has 5 heteroatoms. The number of hydrogen-bond acceptors (Lipinski definition) is 4. The van der Waals surface area contributed by atoms with Crippen molar-refractivity contribution >= 4 is 22.5 Å². The van der Waals surface area contributed by atoms with Gasteiger partial charge in [0, 0.05) is 24.4 Å². The lowest BCUT2D eigenvalue weighted by atomic mass is 9.89. The van der Waals surface area contributed by atoms with Crippen molar-refractivity contribution in [2.24, 2.45) is 0 Å². The van der Waals surface area contributed by atoms with E-state index >= 15 is 0 Å². The molecule has 0 saturated heterocycles. The zero-order valence-electron chi connectivity index (χ0n) is 14.7. The van der Waals surface area contributed by atoms with Gasteiger partial charge in [-0.05, 0) is 38.8 Å². The lowest BCUT2D eigenvalue weighted by molar-refractivity contribution is 0.426. The molecule has 1 saturated carbocycles. The highest BCUT2D eigenvalue weighted by Gasteiger charge is 2.25. The second-order valence-electron chi connectivity index (χ2n) is 7.19. The number of hydrogen-bond donors (Lipinski definition) is 0. The van der Waals surface area contributed by atoms with Gasteiger partial charge >= 0.3 is 0 Å². The molecule has 0 atom stereocenters. The van der Waals surface area contributed by atoms with Gasteiger partial charge in [-0.1, -0.05) is 31.4 Å². The summed E-state index contributed by atoms with van der Waals surface area (Å²) in [4.78, 5) is 7.18. The van der Waals surface area contributed by atoms with E-state index in [2.05, 4.69) is 52.5 Å². The Hall–Kier alpha value is -2.17. The fourth-order valence-corrected chi connectivity index (χ4v) is 3.68.